The van der Waals surface area contributed by atoms with Gasteiger partial charge in [-0.15, -0.1) is 0 Å². The summed E-state index contributed by atoms with van der Waals surface area (Å²) in [6.45, 7) is 6.59. The summed E-state index contributed by atoms with van der Waals surface area (Å²) in [6, 6.07) is 21.2. The van der Waals surface area contributed by atoms with Gasteiger partial charge in [0.15, 0.2) is 0 Å². The normalized spacial score (nSPS) is 11.7. The first-order valence-corrected chi connectivity index (χ1v) is 10.2. The molecule has 0 saturated carbocycles. The van der Waals surface area contributed by atoms with Crippen molar-refractivity contribution in [3.8, 4) is 5.75 Å². The Kier molecular flexibility index (Phi) is 6.95. The van der Waals surface area contributed by atoms with E-state index in [0.717, 1.165) is 17.5 Å². The molecule has 0 aliphatic heterocycles. The van der Waals surface area contributed by atoms with Gasteiger partial charge < -0.3 is 10.1 Å². The molecule has 1 atom stereocenters. The first-order valence-electron chi connectivity index (χ1n) is 9.82. The zero-order valence-corrected chi connectivity index (χ0v) is 17.8. The summed E-state index contributed by atoms with van der Waals surface area (Å²) in [5.41, 5.74) is 4.98. The number of carbonyl (C=O) groups is 1. The molecule has 0 radical (unpaired) electrons. The van der Waals surface area contributed by atoms with Gasteiger partial charge in [0.1, 0.15) is 12.4 Å². The first-order chi connectivity index (χ1) is 14.0. The average molecular weight is 408 g/mol. The van der Waals surface area contributed by atoms with Crippen LogP contribution in [0.2, 0.25) is 5.02 Å². The molecule has 0 heterocycles. The van der Waals surface area contributed by atoms with Crippen LogP contribution in [0.25, 0.3) is 0 Å². The zero-order chi connectivity index (χ0) is 20.8. The fourth-order valence-electron chi connectivity index (χ4n) is 3.39. The van der Waals surface area contributed by atoms with Crippen molar-refractivity contribution in [1.82, 2.24) is 5.32 Å². The Bertz CT molecular complexity index is 985. The lowest BCUT2D eigenvalue weighted by Crippen LogP contribution is -2.29. The third kappa shape index (κ3) is 5.39. The fraction of sp³-hybridized carbons (Fsp3) is 0.240. The van der Waals surface area contributed by atoms with Crippen molar-refractivity contribution in [2.24, 2.45) is 0 Å². The maximum Gasteiger partial charge on any atom is 0.255 e. The molecule has 3 rings (SSSR count). The predicted octanol–water partition coefficient (Wildman–Crippen LogP) is 6.42. The predicted molar refractivity (Wildman–Crippen MR) is 119 cm³/mol. The lowest BCUT2D eigenvalue weighted by atomic mass is 9.97. The lowest BCUT2D eigenvalue weighted by molar-refractivity contribution is 0.0931. The number of amides is 1. The second kappa shape index (κ2) is 9.62. The second-order valence-electron chi connectivity index (χ2n) is 7.21. The van der Waals surface area contributed by atoms with E-state index in [-0.39, 0.29) is 11.9 Å². The lowest BCUT2D eigenvalue weighted by Gasteiger charge is -2.21. The minimum atomic E-state index is -0.192. The van der Waals surface area contributed by atoms with Gasteiger partial charge in [-0.05, 0) is 55.2 Å². The number of benzene rings is 3. The molecule has 3 aromatic carbocycles. The van der Waals surface area contributed by atoms with Crippen LogP contribution in [0.1, 0.15) is 52.0 Å². The van der Waals surface area contributed by atoms with Crippen LogP contribution in [-0.2, 0) is 6.61 Å². The van der Waals surface area contributed by atoms with Gasteiger partial charge in [-0.3, -0.25) is 4.79 Å². The smallest absolute Gasteiger partial charge is 0.255 e. The Hall–Kier alpha value is -2.78. The topological polar surface area (TPSA) is 38.3 Å². The van der Waals surface area contributed by atoms with E-state index in [1.165, 1.54) is 11.1 Å². The van der Waals surface area contributed by atoms with Crippen LogP contribution in [0.4, 0.5) is 0 Å². The molecule has 0 fully saturated rings. The Balaban J connectivity index is 1.81. The highest BCUT2D eigenvalue weighted by Crippen LogP contribution is 2.27. The summed E-state index contributed by atoms with van der Waals surface area (Å²) in [5, 5.41) is 3.65. The summed E-state index contributed by atoms with van der Waals surface area (Å²) < 4.78 is 5.94. The molecular formula is C25H26ClNO2. The monoisotopic (exact) mass is 407 g/mol. The third-order valence-corrected chi connectivity index (χ3v) is 5.17. The zero-order valence-electron chi connectivity index (χ0n) is 17.0. The van der Waals surface area contributed by atoms with E-state index in [0.29, 0.717) is 22.9 Å². The number of aryl methyl sites for hydroxylation is 2. The van der Waals surface area contributed by atoms with Crippen molar-refractivity contribution in [1.29, 1.82) is 0 Å². The van der Waals surface area contributed by atoms with Crippen LogP contribution >= 0.6 is 11.6 Å². The number of rotatable bonds is 7. The molecule has 4 heteroatoms. The van der Waals surface area contributed by atoms with Crippen LogP contribution in [0.15, 0.2) is 66.7 Å². The molecule has 150 valence electrons. The van der Waals surface area contributed by atoms with Gasteiger partial charge in [-0.25, -0.2) is 0 Å². The van der Waals surface area contributed by atoms with Crippen molar-refractivity contribution in [2.45, 2.75) is 39.8 Å². The van der Waals surface area contributed by atoms with E-state index in [1.54, 1.807) is 18.2 Å². The molecular weight excluding hydrogens is 382 g/mol. The Morgan fingerprint density at radius 1 is 1.03 bits per heavy atom. The van der Waals surface area contributed by atoms with Crippen LogP contribution in [0, 0.1) is 13.8 Å². The van der Waals surface area contributed by atoms with Crippen LogP contribution < -0.4 is 10.1 Å². The van der Waals surface area contributed by atoms with Gasteiger partial charge in [0.2, 0.25) is 0 Å². The molecule has 0 spiro atoms. The van der Waals surface area contributed by atoms with Crippen molar-refractivity contribution >= 4 is 17.5 Å². The molecule has 0 aliphatic carbocycles. The molecule has 3 nitrogen and oxygen atoms in total. The molecule has 1 N–H and O–H groups in total. The van der Waals surface area contributed by atoms with E-state index in [4.69, 9.17) is 16.3 Å². The van der Waals surface area contributed by atoms with Gasteiger partial charge >= 0.3 is 0 Å². The Labute approximate surface area is 177 Å². The van der Waals surface area contributed by atoms with E-state index in [2.05, 4.69) is 44.3 Å². The number of nitrogens with one attached hydrogen (secondary N) is 1. The van der Waals surface area contributed by atoms with Gasteiger partial charge in [0.05, 0.1) is 11.6 Å². The van der Waals surface area contributed by atoms with Crippen LogP contribution in [0.5, 0.6) is 5.75 Å². The van der Waals surface area contributed by atoms with E-state index in [9.17, 15) is 4.79 Å². The number of ether oxygens (including phenoxy) is 1. The van der Waals surface area contributed by atoms with Crippen molar-refractivity contribution in [3.05, 3.63) is 99.6 Å². The largest absolute Gasteiger partial charge is 0.488 e. The van der Waals surface area contributed by atoms with Gasteiger partial charge in [0.25, 0.3) is 5.91 Å². The van der Waals surface area contributed by atoms with Crippen LogP contribution in [-0.4, -0.2) is 5.91 Å². The second-order valence-corrected chi connectivity index (χ2v) is 7.65. The molecule has 0 saturated heterocycles. The van der Waals surface area contributed by atoms with Gasteiger partial charge in [-0.2, -0.15) is 0 Å². The highest BCUT2D eigenvalue weighted by atomic mass is 35.5. The molecule has 29 heavy (non-hydrogen) atoms. The summed E-state index contributed by atoms with van der Waals surface area (Å²) in [5.74, 6) is 0.327. The van der Waals surface area contributed by atoms with E-state index in [1.807, 2.05) is 30.3 Å². The van der Waals surface area contributed by atoms with Crippen LogP contribution in [0.3, 0.4) is 0 Å². The van der Waals surface area contributed by atoms with Crippen molar-refractivity contribution in [3.63, 3.8) is 0 Å². The number of carbonyl (C=O) groups excluding carboxylic acids is 1. The summed E-state index contributed by atoms with van der Waals surface area (Å²) in [4.78, 5) is 13.1. The highest BCUT2D eigenvalue weighted by Gasteiger charge is 2.19. The Morgan fingerprint density at radius 2 is 1.79 bits per heavy atom. The third-order valence-electron chi connectivity index (χ3n) is 4.94. The molecule has 0 aromatic heterocycles. The maximum absolute atomic E-state index is 13.1. The van der Waals surface area contributed by atoms with Gasteiger partial charge in [-0.1, -0.05) is 72.6 Å². The Morgan fingerprint density at radius 3 is 2.48 bits per heavy atom. The van der Waals surface area contributed by atoms with Crippen molar-refractivity contribution < 1.29 is 9.53 Å². The van der Waals surface area contributed by atoms with Crippen molar-refractivity contribution in [2.75, 3.05) is 0 Å². The molecule has 3 aromatic rings. The summed E-state index contributed by atoms with van der Waals surface area (Å²) >= 11 is 6.17. The molecule has 0 bridgehead atoms. The minimum Gasteiger partial charge on any atom is -0.488 e. The quantitative estimate of drug-likeness (QED) is 0.491. The first kappa shape index (κ1) is 20.9. The molecule has 1 amide bonds. The highest BCUT2D eigenvalue weighted by molar-refractivity contribution is 6.31. The fourth-order valence-corrected chi connectivity index (χ4v) is 3.57. The molecule has 0 aliphatic rings. The van der Waals surface area contributed by atoms with E-state index < -0.39 is 0 Å². The van der Waals surface area contributed by atoms with Gasteiger partial charge in [0, 0.05) is 5.02 Å². The van der Waals surface area contributed by atoms with E-state index >= 15 is 0 Å². The maximum atomic E-state index is 13.1. The minimum absolute atomic E-state index is 0.0796. The summed E-state index contributed by atoms with van der Waals surface area (Å²) in [6.07, 6.45) is 0.788. The summed E-state index contributed by atoms with van der Waals surface area (Å²) in [7, 11) is 0. The average Bonchev–Trinajstić information content (AvgIpc) is 2.72. The number of hydrogen-bond acceptors (Lipinski definition) is 2. The molecule has 0 unspecified atom stereocenters. The number of halogens is 1. The standard InChI is InChI=1S/C25H26ClNO2/c1-4-23(21-12-10-17(2)14-18(21)3)27-25(28)22-15-20(26)11-13-24(22)29-16-19-8-6-5-7-9-19/h5-15,23H,4,16H2,1-3H3,(H,27,28)/t23-/m0/s1. The number of hydrogen-bond donors (Lipinski definition) is 1. The SMILES string of the molecule is CC[C@H](NC(=O)c1cc(Cl)ccc1OCc1ccccc1)c1ccc(C)cc1C.